The van der Waals surface area contributed by atoms with E-state index in [4.69, 9.17) is 5.39 Å². The summed E-state index contributed by atoms with van der Waals surface area (Å²) in [6.07, 6.45) is 4.37. The lowest BCUT2D eigenvalue weighted by atomic mass is 9.69. The van der Waals surface area contributed by atoms with Crippen LogP contribution >= 0.6 is 0 Å². The third kappa shape index (κ3) is 2.19. The maximum absolute atomic E-state index is 9.24. The van der Waals surface area contributed by atoms with Crippen molar-refractivity contribution in [3.63, 3.8) is 0 Å². The van der Waals surface area contributed by atoms with E-state index in [1.54, 1.807) is 0 Å². The Hall–Kier alpha value is -0.620. The molecule has 1 aliphatic carbocycles. The molecule has 0 aromatic carbocycles. The van der Waals surface area contributed by atoms with E-state index >= 15 is 0 Å². The van der Waals surface area contributed by atoms with Gasteiger partial charge in [-0.1, -0.05) is 20.3 Å². The number of aliphatic hydroxyl groups excluding tert-OH is 1. The zero-order chi connectivity index (χ0) is 9.90. The Morgan fingerprint density at radius 1 is 1.38 bits per heavy atom. The largest absolute Gasteiger partial charge is 0.396 e. The van der Waals surface area contributed by atoms with Gasteiger partial charge in [0.15, 0.2) is 0 Å². The number of diazo groups is 1. The maximum Gasteiger partial charge on any atom is 0.317 e. The molecule has 0 aliphatic heterocycles. The first-order chi connectivity index (χ1) is 6.11. The third-order valence-corrected chi connectivity index (χ3v) is 3.29. The molecule has 74 valence electrons. The first-order valence-corrected chi connectivity index (χ1v) is 5.07. The molecule has 0 amide bonds. The normalized spacial score (nSPS) is 29.7. The van der Waals surface area contributed by atoms with Gasteiger partial charge in [0.05, 0.1) is 0 Å². The average Bonchev–Trinajstić information content (AvgIpc) is 2.18. The molecular formula is C10H19N2O+. The number of rotatable bonds is 2. The van der Waals surface area contributed by atoms with E-state index in [2.05, 4.69) is 4.98 Å². The molecule has 0 radical (unpaired) electrons. The number of hydrogen-bond acceptors (Lipinski definition) is 2. The molecule has 1 saturated carbocycles. The van der Waals surface area contributed by atoms with Crippen molar-refractivity contribution in [3.8, 4) is 0 Å². The molecule has 1 fully saturated rings. The van der Waals surface area contributed by atoms with Crippen LogP contribution in [0, 0.1) is 16.7 Å². The van der Waals surface area contributed by atoms with Crippen molar-refractivity contribution >= 4 is 0 Å². The van der Waals surface area contributed by atoms with Crippen LogP contribution in [-0.2, 0) is 0 Å². The Kier molecular flexibility index (Phi) is 3.27. The van der Waals surface area contributed by atoms with Crippen LogP contribution in [0.1, 0.15) is 39.5 Å². The van der Waals surface area contributed by atoms with Gasteiger partial charge in [-0.2, -0.15) is 0 Å². The lowest BCUT2D eigenvalue weighted by Crippen LogP contribution is -2.37. The second-order valence-corrected chi connectivity index (χ2v) is 4.72. The van der Waals surface area contributed by atoms with Gasteiger partial charge in [0.25, 0.3) is 0 Å². The summed E-state index contributed by atoms with van der Waals surface area (Å²) in [6, 6.07) is 0.0379. The summed E-state index contributed by atoms with van der Waals surface area (Å²) in [5.74, 6) is 0.330. The van der Waals surface area contributed by atoms with Gasteiger partial charge in [0.1, 0.15) is 4.98 Å². The van der Waals surface area contributed by atoms with Crippen LogP contribution in [0.5, 0.6) is 0 Å². The Morgan fingerprint density at radius 2 is 2.00 bits per heavy atom. The first kappa shape index (κ1) is 10.5. The molecule has 0 aromatic rings. The fourth-order valence-electron chi connectivity index (χ4n) is 2.28. The molecule has 1 rings (SSSR count). The minimum atomic E-state index is -0.114. The average molecular weight is 183 g/mol. The van der Waals surface area contributed by atoms with Crippen LogP contribution in [0.25, 0.3) is 4.98 Å². The summed E-state index contributed by atoms with van der Waals surface area (Å²) in [5, 5.41) is 18.1. The number of hydrogen-bond donors (Lipinski definition) is 1. The summed E-state index contributed by atoms with van der Waals surface area (Å²) in [4.78, 5) is 3.43. The first-order valence-electron chi connectivity index (χ1n) is 5.07. The highest BCUT2D eigenvalue weighted by Crippen LogP contribution is 2.39. The number of aliphatic hydroxyl groups is 1. The second kappa shape index (κ2) is 4.06. The Bertz CT molecular complexity index is 207. The highest BCUT2D eigenvalue weighted by molar-refractivity contribution is 4.94. The summed E-state index contributed by atoms with van der Waals surface area (Å²) >= 11 is 0. The van der Waals surface area contributed by atoms with Crippen molar-refractivity contribution in [2.75, 3.05) is 6.61 Å². The quantitative estimate of drug-likeness (QED) is 0.668. The summed E-state index contributed by atoms with van der Waals surface area (Å²) in [5.41, 5.74) is -0.114. The molecule has 3 heteroatoms. The molecule has 2 unspecified atom stereocenters. The second-order valence-electron chi connectivity index (χ2n) is 4.72. The third-order valence-electron chi connectivity index (χ3n) is 3.29. The van der Waals surface area contributed by atoms with Crippen molar-refractivity contribution in [2.45, 2.75) is 45.6 Å². The van der Waals surface area contributed by atoms with Gasteiger partial charge in [-0.3, -0.25) is 0 Å². The van der Waals surface area contributed by atoms with Crippen molar-refractivity contribution in [1.82, 2.24) is 0 Å². The topological polar surface area (TPSA) is 48.4 Å². The zero-order valence-electron chi connectivity index (χ0n) is 8.53. The maximum atomic E-state index is 9.24. The lowest BCUT2D eigenvalue weighted by molar-refractivity contribution is 0.0686. The smallest absolute Gasteiger partial charge is 0.317 e. The molecule has 0 bridgehead atoms. The Labute approximate surface area is 79.8 Å². The predicted molar refractivity (Wildman–Crippen MR) is 51.7 cm³/mol. The van der Waals surface area contributed by atoms with Gasteiger partial charge >= 0.3 is 6.04 Å². The van der Waals surface area contributed by atoms with Gasteiger partial charge in [0, 0.05) is 18.9 Å². The van der Waals surface area contributed by atoms with Gasteiger partial charge in [-0.05, 0) is 18.3 Å². The van der Waals surface area contributed by atoms with Gasteiger partial charge in [-0.25, -0.2) is 0 Å². The van der Waals surface area contributed by atoms with Crippen molar-refractivity contribution in [1.29, 1.82) is 5.39 Å². The minimum absolute atomic E-state index is 0.0379. The Morgan fingerprint density at radius 3 is 2.54 bits per heavy atom. The molecule has 0 saturated heterocycles. The SMILES string of the molecule is CC(C)(CO)C1CCCCC1[N+]#N. The van der Waals surface area contributed by atoms with Crippen LogP contribution in [0.2, 0.25) is 0 Å². The molecule has 3 nitrogen and oxygen atoms in total. The molecule has 0 spiro atoms. The van der Waals surface area contributed by atoms with Crippen LogP contribution in [0.15, 0.2) is 0 Å². The van der Waals surface area contributed by atoms with Crippen LogP contribution in [0.4, 0.5) is 0 Å². The standard InChI is InChI=1S/C10H19N2O/c1-10(2,7-13)8-5-3-4-6-9(8)12-11/h8-9,13H,3-7H2,1-2H3/q+1. The molecule has 0 aromatic heterocycles. The van der Waals surface area contributed by atoms with E-state index < -0.39 is 0 Å². The fraction of sp³-hybridized carbons (Fsp3) is 1.00. The van der Waals surface area contributed by atoms with Crippen molar-refractivity contribution < 1.29 is 5.11 Å². The summed E-state index contributed by atoms with van der Waals surface area (Å²) in [7, 11) is 0. The van der Waals surface area contributed by atoms with Crippen LogP contribution in [0.3, 0.4) is 0 Å². The van der Waals surface area contributed by atoms with Crippen molar-refractivity contribution in [3.05, 3.63) is 4.98 Å². The highest BCUT2D eigenvalue weighted by Gasteiger charge is 2.44. The van der Waals surface area contributed by atoms with Crippen LogP contribution < -0.4 is 0 Å². The highest BCUT2D eigenvalue weighted by atomic mass is 16.3. The summed E-state index contributed by atoms with van der Waals surface area (Å²) in [6.45, 7) is 4.26. The molecule has 1 aliphatic rings. The molecule has 1 N–H and O–H groups in total. The van der Waals surface area contributed by atoms with Gasteiger partial charge < -0.3 is 5.11 Å². The fourth-order valence-corrected chi connectivity index (χ4v) is 2.28. The molecular weight excluding hydrogens is 164 g/mol. The molecule has 0 heterocycles. The predicted octanol–water partition coefficient (Wildman–Crippen LogP) is 2.42. The van der Waals surface area contributed by atoms with Crippen LogP contribution in [-0.4, -0.2) is 17.8 Å². The van der Waals surface area contributed by atoms with E-state index in [0.29, 0.717) is 5.92 Å². The lowest BCUT2D eigenvalue weighted by Gasteiger charge is -2.33. The van der Waals surface area contributed by atoms with Crippen molar-refractivity contribution in [2.24, 2.45) is 11.3 Å². The minimum Gasteiger partial charge on any atom is -0.396 e. The van der Waals surface area contributed by atoms with E-state index in [1.807, 2.05) is 13.8 Å². The zero-order valence-corrected chi connectivity index (χ0v) is 8.53. The molecule has 13 heavy (non-hydrogen) atoms. The van der Waals surface area contributed by atoms with E-state index in [-0.39, 0.29) is 18.1 Å². The van der Waals surface area contributed by atoms with E-state index in [1.165, 1.54) is 6.42 Å². The molecule has 2 atom stereocenters. The van der Waals surface area contributed by atoms with Gasteiger partial charge in [0.2, 0.25) is 5.39 Å². The monoisotopic (exact) mass is 183 g/mol. The van der Waals surface area contributed by atoms with E-state index in [0.717, 1.165) is 19.3 Å². The number of nitrogens with zero attached hydrogens (tertiary/aromatic N) is 2. The van der Waals surface area contributed by atoms with E-state index in [9.17, 15) is 5.11 Å². The summed E-state index contributed by atoms with van der Waals surface area (Å²) < 4.78 is 0. The van der Waals surface area contributed by atoms with Gasteiger partial charge in [-0.15, -0.1) is 0 Å². The Balaban J connectivity index is 2.70.